The summed E-state index contributed by atoms with van der Waals surface area (Å²) in [4.78, 5) is 35.6. The van der Waals surface area contributed by atoms with Gasteiger partial charge in [-0.15, -0.1) is 0 Å². The van der Waals surface area contributed by atoms with E-state index in [1.54, 1.807) is 0 Å². The van der Waals surface area contributed by atoms with E-state index >= 15 is 0 Å². The van der Waals surface area contributed by atoms with Gasteiger partial charge in [-0.1, -0.05) is 0 Å². The number of rotatable bonds is 5. The van der Waals surface area contributed by atoms with Crippen LogP contribution in [0, 0.1) is 0 Å². The van der Waals surface area contributed by atoms with E-state index in [0.717, 1.165) is 31.2 Å². The summed E-state index contributed by atoms with van der Waals surface area (Å²) in [6.45, 7) is 1.01. The van der Waals surface area contributed by atoms with Gasteiger partial charge in [0.2, 0.25) is 6.29 Å². The number of phenols is 3. The first-order chi connectivity index (χ1) is 17.0. The molecule has 4 rings (SSSR count). The molecule has 1 saturated heterocycles. The van der Waals surface area contributed by atoms with Gasteiger partial charge in [-0.2, -0.15) is 0 Å². The third-order valence-corrected chi connectivity index (χ3v) is 5.39. The van der Waals surface area contributed by atoms with Gasteiger partial charge in [0.15, 0.2) is 29.1 Å². The van der Waals surface area contributed by atoms with Gasteiger partial charge in [0.25, 0.3) is 0 Å². The van der Waals surface area contributed by atoms with Gasteiger partial charge in [0.05, 0.1) is 0 Å². The van der Waals surface area contributed by atoms with E-state index in [4.69, 9.17) is 18.6 Å². The van der Waals surface area contributed by atoms with Crippen LogP contribution in [0.15, 0.2) is 45.6 Å². The van der Waals surface area contributed by atoms with Gasteiger partial charge in [-0.05, 0) is 18.2 Å². The van der Waals surface area contributed by atoms with Crippen molar-refractivity contribution in [3.63, 3.8) is 0 Å². The zero-order valence-electron chi connectivity index (χ0n) is 18.4. The maximum absolute atomic E-state index is 12.6. The molecule has 0 saturated carbocycles. The molecule has 13 nitrogen and oxygen atoms in total. The molecule has 5 unspecified atom stereocenters. The Hall–Kier alpha value is -4.33. The molecule has 1 aromatic heterocycles. The maximum atomic E-state index is 12.6. The number of fused-ring (bicyclic) bond motifs is 1. The number of ether oxygens (including phenoxy) is 3. The number of aliphatic hydroxyl groups excluding tert-OH is 2. The molecule has 6 N–H and O–H groups in total. The van der Waals surface area contributed by atoms with Crippen LogP contribution < -0.4 is 10.2 Å². The number of benzene rings is 2. The lowest BCUT2D eigenvalue weighted by Gasteiger charge is -2.40. The number of carbonyl (C=O) groups excluding carboxylic acids is 1. The van der Waals surface area contributed by atoms with Crippen molar-refractivity contribution in [1.29, 1.82) is 0 Å². The summed E-state index contributed by atoms with van der Waals surface area (Å²) in [5.41, 5.74) is -0.614. The van der Waals surface area contributed by atoms with E-state index in [1.807, 2.05) is 0 Å². The normalized spacial score (nSPS) is 23.8. The number of carboxylic acid groups (broad SMARTS) is 1. The molecule has 2 heterocycles. The molecule has 3 aromatic rings. The zero-order valence-corrected chi connectivity index (χ0v) is 18.4. The summed E-state index contributed by atoms with van der Waals surface area (Å²) in [5.74, 6) is -4.20. The summed E-state index contributed by atoms with van der Waals surface area (Å²) < 4.78 is 21.4. The predicted octanol–water partition coefficient (Wildman–Crippen LogP) is 0.419. The lowest BCUT2D eigenvalue weighted by Crippen LogP contribution is -2.62. The largest absolute Gasteiger partial charge is 0.507 e. The van der Waals surface area contributed by atoms with Crippen LogP contribution in [0.3, 0.4) is 0 Å². The van der Waals surface area contributed by atoms with Crippen LogP contribution in [0.4, 0.5) is 0 Å². The fourth-order valence-corrected chi connectivity index (χ4v) is 3.72. The first kappa shape index (κ1) is 24.8. The van der Waals surface area contributed by atoms with Crippen LogP contribution in [0.5, 0.6) is 23.0 Å². The molecule has 36 heavy (non-hydrogen) atoms. The van der Waals surface area contributed by atoms with E-state index in [2.05, 4.69) is 0 Å². The predicted molar refractivity (Wildman–Crippen MR) is 117 cm³/mol. The second kappa shape index (κ2) is 9.37. The summed E-state index contributed by atoms with van der Waals surface area (Å²) in [5, 5.41) is 59.1. The molecule has 2 aromatic carbocycles. The van der Waals surface area contributed by atoms with Crippen LogP contribution in [0.1, 0.15) is 6.92 Å². The molecule has 13 heteroatoms. The third-order valence-electron chi connectivity index (χ3n) is 5.39. The van der Waals surface area contributed by atoms with Crippen molar-refractivity contribution in [2.24, 2.45) is 0 Å². The second-order valence-corrected chi connectivity index (χ2v) is 7.93. The Labute approximate surface area is 200 Å². The van der Waals surface area contributed by atoms with Gasteiger partial charge in [-0.25, -0.2) is 4.79 Å². The number of hydrogen-bond donors (Lipinski definition) is 6. The third kappa shape index (κ3) is 4.62. The van der Waals surface area contributed by atoms with Crippen molar-refractivity contribution in [1.82, 2.24) is 0 Å². The van der Waals surface area contributed by atoms with Gasteiger partial charge in [-0.3, -0.25) is 9.59 Å². The summed E-state index contributed by atoms with van der Waals surface area (Å²) >= 11 is 0. The van der Waals surface area contributed by atoms with Crippen LogP contribution in [-0.2, 0) is 19.1 Å². The fraction of sp³-hybridized carbons (Fsp3) is 0.261. The quantitative estimate of drug-likeness (QED) is 0.205. The van der Waals surface area contributed by atoms with Crippen molar-refractivity contribution >= 4 is 22.9 Å². The summed E-state index contributed by atoms with van der Waals surface area (Å²) in [6, 6.07) is 6.91. The van der Waals surface area contributed by atoms with Gasteiger partial charge >= 0.3 is 11.9 Å². The lowest BCUT2D eigenvalue weighted by molar-refractivity contribution is -0.275. The number of phenolic OH excluding ortho intramolecular Hbond substituents is 3. The molecule has 0 aliphatic carbocycles. The van der Waals surface area contributed by atoms with Gasteiger partial charge in [0.1, 0.15) is 40.4 Å². The molecule has 1 aliphatic rings. The van der Waals surface area contributed by atoms with Crippen molar-refractivity contribution in [2.75, 3.05) is 0 Å². The second-order valence-electron chi connectivity index (χ2n) is 7.93. The molecule has 1 fully saturated rings. The lowest BCUT2D eigenvalue weighted by atomic mass is 9.98. The van der Waals surface area contributed by atoms with Gasteiger partial charge in [0, 0.05) is 30.7 Å². The van der Waals surface area contributed by atoms with Crippen LogP contribution in [0.25, 0.3) is 22.3 Å². The number of aliphatic hydroxyl groups is 2. The summed E-state index contributed by atoms with van der Waals surface area (Å²) in [7, 11) is 0. The first-order valence-electron chi connectivity index (χ1n) is 10.4. The summed E-state index contributed by atoms with van der Waals surface area (Å²) in [6.07, 6.45) is -9.16. The van der Waals surface area contributed by atoms with E-state index in [-0.39, 0.29) is 28.0 Å². The number of aromatic hydroxyl groups is 3. The minimum Gasteiger partial charge on any atom is -0.507 e. The Morgan fingerprint density at radius 2 is 1.67 bits per heavy atom. The van der Waals surface area contributed by atoms with Crippen LogP contribution in [-0.4, -0.2) is 73.3 Å². The molecule has 190 valence electrons. The van der Waals surface area contributed by atoms with E-state index in [0.29, 0.717) is 0 Å². The average molecular weight is 504 g/mol. The number of carbonyl (C=O) groups is 2. The highest BCUT2D eigenvalue weighted by molar-refractivity contribution is 5.86. The maximum Gasteiger partial charge on any atom is 0.335 e. The van der Waals surface area contributed by atoms with Gasteiger partial charge < -0.3 is 49.3 Å². The molecular weight excluding hydrogens is 484 g/mol. The topological polar surface area (TPSA) is 213 Å². The SMILES string of the molecule is CC(=O)OC1C(Oc2cc(O)c3c(=O)cc(-c4ccc(O)c(O)c4)oc3c2)OC(C(=O)O)C(O)C1O. The number of esters is 1. The van der Waals surface area contributed by atoms with E-state index in [1.165, 1.54) is 12.1 Å². The van der Waals surface area contributed by atoms with Crippen molar-refractivity contribution in [3.8, 4) is 34.3 Å². The zero-order chi connectivity index (χ0) is 26.3. The number of aliphatic carboxylic acids is 1. The van der Waals surface area contributed by atoms with Crippen LogP contribution in [0.2, 0.25) is 0 Å². The monoisotopic (exact) mass is 504 g/mol. The molecule has 0 bridgehead atoms. The molecule has 5 atom stereocenters. The fourth-order valence-electron chi connectivity index (χ4n) is 3.72. The Morgan fingerprint density at radius 3 is 2.31 bits per heavy atom. The highest BCUT2D eigenvalue weighted by Gasteiger charge is 2.50. The number of carboxylic acids is 1. The molecule has 1 aliphatic heterocycles. The van der Waals surface area contributed by atoms with Crippen molar-refractivity contribution in [2.45, 2.75) is 37.6 Å². The standard InChI is InChI=1S/C23H20O13/c1-8(24)33-21-19(30)18(29)20(22(31)32)36-23(21)34-10-5-13(27)17-14(28)7-15(35-16(17)6-10)9-2-3-11(25)12(26)4-9/h2-7,18-21,23,25-27,29-30H,1H3,(H,31,32). The first-order valence-corrected chi connectivity index (χ1v) is 10.4. The number of hydrogen-bond acceptors (Lipinski definition) is 12. The minimum atomic E-state index is -1.95. The highest BCUT2D eigenvalue weighted by atomic mass is 16.7. The van der Waals surface area contributed by atoms with Crippen LogP contribution >= 0.6 is 0 Å². The molecule has 0 radical (unpaired) electrons. The molecule has 0 spiro atoms. The Balaban J connectivity index is 1.75. The smallest absolute Gasteiger partial charge is 0.335 e. The molecule has 0 amide bonds. The Morgan fingerprint density at radius 1 is 0.944 bits per heavy atom. The average Bonchev–Trinajstić information content (AvgIpc) is 2.79. The highest BCUT2D eigenvalue weighted by Crippen LogP contribution is 2.35. The van der Waals surface area contributed by atoms with Crippen molar-refractivity contribution < 1.29 is 58.9 Å². The Kier molecular flexibility index (Phi) is 6.45. The van der Waals surface area contributed by atoms with E-state index < -0.39 is 65.3 Å². The minimum absolute atomic E-state index is 0.0319. The molecular formula is C23H20O13. The van der Waals surface area contributed by atoms with Crippen molar-refractivity contribution in [3.05, 3.63) is 46.6 Å². The Bertz CT molecular complexity index is 1390. The van der Waals surface area contributed by atoms with E-state index in [9.17, 15) is 45.0 Å².